The molecule has 0 bridgehead atoms. The third-order valence-electron chi connectivity index (χ3n) is 11.7. The van der Waals surface area contributed by atoms with Crippen LogP contribution < -0.4 is 0 Å². The predicted molar refractivity (Wildman–Crippen MR) is 251 cm³/mol. The zero-order valence-corrected chi connectivity index (χ0v) is 33.4. The van der Waals surface area contributed by atoms with Crippen molar-refractivity contribution in [2.45, 2.75) is 12.8 Å². The van der Waals surface area contributed by atoms with Crippen molar-refractivity contribution in [2.24, 2.45) is 0 Å². The number of rotatable bonds is 8. The zero-order chi connectivity index (χ0) is 40.5. The van der Waals surface area contributed by atoms with Gasteiger partial charge in [-0.2, -0.15) is 0 Å². The van der Waals surface area contributed by atoms with Gasteiger partial charge in [0.15, 0.2) is 17.5 Å². The van der Waals surface area contributed by atoms with E-state index in [2.05, 4.69) is 173 Å². The Morgan fingerprint density at radius 2 is 0.836 bits per heavy atom. The number of pyridine rings is 1. The molecule has 288 valence electrons. The standard InChI is InChI=1S/C56H39N5/c1-3-10-44(11-4-1)54-58-55(60-56(59-54)46-31-27-43(28-32-46)48-12-9-35-57-37-48)45-29-25-41(26-30-45)39-19-17-38(18-20-39)40-21-23-42(24-22-40)47-33-34-53-51(36-47)50-15-7-8-16-52(50)61(53)49-13-5-2-6-14-49/h1-25,27-29,31-37H,26,30H2. The summed E-state index contributed by atoms with van der Waals surface area (Å²) >= 11 is 0. The van der Waals surface area contributed by atoms with Gasteiger partial charge >= 0.3 is 0 Å². The van der Waals surface area contributed by atoms with Crippen LogP contribution in [0.1, 0.15) is 24.2 Å². The van der Waals surface area contributed by atoms with E-state index in [-0.39, 0.29) is 0 Å². The molecule has 10 aromatic rings. The van der Waals surface area contributed by atoms with Crippen LogP contribution in [0.4, 0.5) is 0 Å². The molecule has 3 aromatic heterocycles. The van der Waals surface area contributed by atoms with Gasteiger partial charge in [0.25, 0.3) is 0 Å². The minimum Gasteiger partial charge on any atom is -0.309 e. The molecule has 0 amide bonds. The first-order valence-electron chi connectivity index (χ1n) is 20.7. The highest BCUT2D eigenvalue weighted by atomic mass is 15.0. The van der Waals surface area contributed by atoms with Gasteiger partial charge in [-0.25, -0.2) is 15.0 Å². The fourth-order valence-electron chi connectivity index (χ4n) is 8.51. The van der Waals surface area contributed by atoms with Gasteiger partial charge in [-0.3, -0.25) is 4.98 Å². The lowest BCUT2D eigenvalue weighted by molar-refractivity contribution is 0.985. The van der Waals surface area contributed by atoms with Crippen LogP contribution in [-0.2, 0) is 0 Å². The number of nitrogens with zero attached hydrogens (tertiary/aromatic N) is 5. The van der Waals surface area contributed by atoms with Crippen LogP contribution in [0.2, 0.25) is 0 Å². The van der Waals surface area contributed by atoms with Crippen LogP contribution in [-0.4, -0.2) is 24.5 Å². The highest BCUT2D eigenvalue weighted by Crippen LogP contribution is 2.37. The first kappa shape index (κ1) is 36.1. The molecular formula is C56H39N5. The molecule has 1 aliphatic carbocycles. The normalized spacial score (nSPS) is 12.7. The monoisotopic (exact) mass is 781 g/mol. The fraction of sp³-hybridized carbons (Fsp3) is 0.0357. The van der Waals surface area contributed by atoms with E-state index in [1.54, 1.807) is 6.20 Å². The van der Waals surface area contributed by atoms with E-state index < -0.39 is 0 Å². The molecular weight excluding hydrogens is 743 g/mol. The Hall–Kier alpha value is -8.02. The fourth-order valence-corrected chi connectivity index (χ4v) is 8.51. The summed E-state index contributed by atoms with van der Waals surface area (Å²) in [5, 5.41) is 2.52. The number of hydrogen-bond donors (Lipinski definition) is 0. The number of para-hydroxylation sites is 2. The smallest absolute Gasteiger partial charge is 0.164 e. The third-order valence-corrected chi connectivity index (χ3v) is 11.7. The van der Waals surface area contributed by atoms with Gasteiger partial charge in [-0.1, -0.05) is 164 Å². The number of fused-ring (bicyclic) bond motifs is 3. The van der Waals surface area contributed by atoms with Crippen molar-refractivity contribution in [2.75, 3.05) is 0 Å². The van der Waals surface area contributed by atoms with E-state index in [1.807, 2.05) is 42.6 Å². The van der Waals surface area contributed by atoms with Crippen LogP contribution in [0, 0.1) is 0 Å². The Labute approximate surface area is 354 Å². The second kappa shape index (κ2) is 15.6. The highest BCUT2D eigenvalue weighted by molar-refractivity contribution is 6.10. The molecule has 0 radical (unpaired) electrons. The summed E-state index contributed by atoms with van der Waals surface area (Å²) < 4.78 is 2.36. The van der Waals surface area contributed by atoms with E-state index in [1.165, 1.54) is 60.9 Å². The number of hydrogen-bond acceptors (Lipinski definition) is 4. The van der Waals surface area contributed by atoms with E-state index in [0.717, 1.165) is 40.7 Å². The predicted octanol–water partition coefficient (Wildman–Crippen LogP) is 14.0. The van der Waals surface area contributed by atoms with E-state index in [4.69, 9.17) is 15.0 Å². The van der Waals surface area contributed by atoms with E-state index in [9.17, 15) is 0 Å². The highest BCUT2D eigenvalue weighted by Gasteiger charge is 2.18. The molecule has 0 aliphatic heterocycles. The number of aromatic nitrogens is 5. The minimum absolute atomic E-state index is 0.661. The lowest BCUT2D eigenvalue weighted by atomic mass is 9.91. The SMILES string of the molecule is C1=C(c2ccc(-c3ccc(-c4ccc5c(c4)c4ccccc4n5-c4ccccc4)cc3)cc2)CCC(c2nc(-c3ccccc3)nc(-c3ccc(-c4cccnc4)cc3)n2)=C1. The summed E-state index contributed by atoms with van der Waals surface area (Å²) in [5.41, 5.74) is 16.1. The molecule has 5 nitrogen and oxygen atoms in total. The molecule has 0 unspecified atom stereocenters. The van der Waals surface area contributed by atoms with Crippen LogP contribution in [0.15, 0.2) is 213 Å². The first-order valence-corrected chi connectivity index (χ1v) is 20.7. The van der Waals surface area contributed by atoms with Crippen molar-refractivity contribution in [3.63, 3.8) is 0 Å². The number of allylic oxidation sites excluding steroid dienone is 4. The van der Waals surface area contributed by atoms with Gasteiger partial charge in [-0.15, -0.1) is 0 Å². The van der Waals surface area contributed by atoms with Gasteiger partial charge in [-0.05, 0) is 99.3 Å². The second-order valence-corrected chi connectivity index (χ2v) is 15.4. The molecule has 3 heterocycles. The van der Waals surface area contributed by atoms with Gasteiger partial charge in [0.2, 0.25) is 0 Å². The Morgan fingerprint density at radius 1 is 0.344 bits per heavy atom. The molecule has 7 aromatic carbocycles. The Bertz CT molecular complexity index is 3240. The molecule has 0 fully saturated rings. The van der Waals surface area contributed by atoms with Gasteiger partial charge in [0, 0.05) is 40.0 Å². The molecule has 1 aliphatic rings. The average molecular weight is 782 g/mol. The molecule has 0 N–H and O–H groups in total. The topological polar surface area (TPSA) is 56.5 Å². The molecule has 0 spiro atoms. The van der Waals surface area contributed by atoms with Crippen molar-refractivity contribution in [3.8, 4) is 61.8 Å². The van der Waals surface area contributed by atoms with Crippen LogP contribution in [0.5, 0.6) is 0 Å². The van der Waals surface area contributed by atoms with Crippen molar-refractivity contribution in [3.05, 3.63) is 224 Å². The molecule has 0 saturated carbocycles. The van der Waals surface area contributed by atoms with Crippen molar-refractivity contribution < 1.29 is 0 Å². The maximum absolute atomic E-state index is 5.03. The zero-order valence-electron chi connectivity index (χ0n) is 33.4. The van der Waals surface area contributed by atoms with E-state index >= 15 is 0 Å². The van der Waals surface area contributed by atoms with Crippen molar-refractivity contribution in [1.29, 1.82) is 0 Å². The summed E-state index contributed by atoms with van der Waals surface area (Å²) in [6, 6.07) is 66.6. The summed E-state index contributed by atoms with van der Waals surface area (Å²) in [6.45, 7) is 0. The molecule has 0 saturated heterocycles. The quantitative estimate of drug-likeness (QED) is 0.154. The summed E-state index contributed by atoms with van der Waals surface area (Å²) in [4.78, 5) is 19.2. The van der Waals surface area contributed by atoms with Crippen LogP contribution in [0.25, 0.3) is 94.8 Å². The molecule has 11 rings (SSSR count). The first-order chi connectivity index (χ1) is 30.2. The van der Waals surface area contributed by atoms with Crippen LogP contribution >= 0.6 is 0 Å². The van der Waals surface area contributed by atoms with Crippen molar-refractivity contribution >= 4 is 33.0 Å². The second-order valence-electron chi connectivity index (χ2n) is 15.4. The summed E-state index contributed by atoms with van der Waals surface area (Å²) in [7, 11) is 0. The Balaban J connectivity index is 0.840. The Kier molecular flexibility index (Phi) is 9.24. The Morgan fingerprint density at radius 3 is 1.49 bits per heavy atom. The lowest BCUT2D eigenvalue weighted by Crippen LogP contribution is -2.04. The average Bonchev–Trinajstić information content (AvgIpc) is 3.68. The summed E-state index contributed by atoms with van der Waals surface area (Å²) in [6.07, 6.45) is 9.81. The van der Waals surface area contributed by atoms with Gasteiger partial charge in [0.05, 0.1) is 11.0 Å². The maximum atomic E-state index is 5.03. The third kappa shape index (κ3) is 7.02. The molecule has 61 heavy (non-hydrogen) atoms. The largest absolute Gasteiger partial charge is 0.309 e. The lowest BCUT2D eigenvalue weighted by Gasteiger charge is -2.16. The van der Waals surface area contributed by atoms with Crippen molar-refractivity contribution in [1.82, 2.24) is 24.5 Å². The maximum Gasteiger partial charge on any atom is 0.164 e. The van der Waals surface area contributed by atoms with Crippen LogP contribution in [0.3, 0.4) is 0 Å². The van der Waals surface area contributed by atoms with Gasteiger partial charge < -0.3 is 4.57 Å². The minimum atomic E-state index is 0.661. The summed E-state index contributed by atoms with van der Waals surface area (Å²) in [5.74, 6) is 2.05. The van der Waals surface area contributed by atoms with Gasteiger partial charge in [0.1, 0.15) is 0 Å². The molecule has 0 atom stereocenters. The molecule has 5 heteroatoms. The number of benzene rings is 7. The van der Waals surface area contributed by atoms with E-state index in [0.29, 0.717) is 17.5 Å².